The van der Waals surface area contributed by atoms with E-state index in [0.717, 1.165) is 38.9 Å². The topological polar surface area (TPSA) is 61.8 Å². The number of nitrogens with one attached hydrogen (secondary N) is 1. The van der Waals surface area contributed by atoms with Crippen LogP contribution in [0, 0.1) is 5.41 Å². The van der Waals surface area contributed by atoms with Crippen LogP contribution in [-0.2, 0) is 9.53 Å². The van der Waals surface area contributed by atoms with Gasteiger partial charge in [0.2, 0.25) is 5.91 Å². The molecule has 21 heavy (non-hydrogen) atoms. The number of hydrogen-bond acceptors (Lipinski definition) is 4. The third-order valence-electron chi connectivity index (χ3n) is 5.05. The van der Waals surface area contributed by atoms with Crippen LogP contribution in [0.15, 0.2) is 0 Å². The van der Waals surface area contributed by atoms with Crippen molar-refractivity contribution in [2.24, 2.45) is 5.41 Å². The maximum Gasteiger partial charge on any atom is 0.223 e. The minimum atomic E-state index is -0.256. The number of ether oxygens (including phenoxy) is 1. The van der Waals surface area contributed by atoms with Gasteiger partial charge in [0.25, 0.3) is 0 Å². The molecule has 5 heteroatoms. The lowest BCUT2D eigenvalue weighted by molar-refractivity contribution is -0.210. The van der Waals surface area contributed by atoms with Crippen LogP contribution in [0.3, 0.4) is 0 Å². The van der Waals surface area contributed by atoms with Crippen LogP contribution in [0.25, 0.3) is 0 Å². The lowest BCUT2D eigenvalue weighted by Gasteiger charge is -2.56. The average Bonchev–Trinajstić information content (AvgIpc) is 2.47. The molecule has 0 unspecified atom stereocenters. The van der Waals surface area contributed by atoms with Crippen molar-refractivity contribution in [1.82, 2.24) is 10.2 Å². The first-order chi connectivity index (χ1) is 9.99. The van der Waals surface area contributed by atoms with E-state index in [4.69, 9.17) is 4.74 Å². The Bertz CT molecular complexity index is 349. The quantitative estimate of drug-likeness (QED) is 0.772. The zero-order valence-corrected chi connectivity index (χ0v) is 13.6. The summed E-state index contributed by atoms with van der Waals surface area (Å²) >= 11 is 0. The van der Waals surface area contributed by atoms with Crippen molar-refractivity contribution in [2.75, 3.05) is 26.2 Å². The smallest absolute Gasteiger partial charge is 0.223 e. The number of hydrogen-bond donors (Lipinski definition) is 2. The molecule has 1 aliphatic carbocycles. The van der Waals surface area contributed by atoms with E-state index in [1.165, 1.54) is 0 Å². The van der Waals surface area contributed by atoms with Crippen molar-refractivity contribution in [3.8, 4) is 0 Å². The predicted octanol–water partition coefficient (Wildman–Crippen LogP) is 1.15. The lowest BCUT2D eigenvalue weighted by atomic mass is 9.58. The number of carbonyl (C=O) groups is 1. The Morgan fingerprint density at radius 2 is 2.10 bits per heavy atom. The van der Waals surface area contributed by atoms with Gasteiger partial charge in [-0.3, -0.25) is 4.79 Å². The fraction of sp³-hybridized carbons (Fsp3) is 0.938. The molecular weight excluding hydrogens is 268 g/mol. The van der Waals surface area contributed by atoms with Crippen LogP contribution in [0.4, 0.5) is 0 Å². The fourth-order valence-corrected chi connectivity index (χ4v) is 3.61. The van der Waals surface area contributed by atoms with Crippen molar-refractivity contribution < 1.29 is 14.6 Å². The Hall–Kier alpha value is -0.650. The summed E-state index contributed by atoms with van der Waals surface area (Å²) in [5, 5.41) is 13.4. The van der Waals surface area contributed by atoms with Gasteiger partial charge in [0.1, 0.15) is 0 Å². The van der Waals surface area contributed by atoms with E-state index in [9.17, 15) is 9.90 Å². The van der Waals surface area contributed by atoms with Crippen molar-refractivity contribution in [3.63, 3.8) is 0 Å². The molecule has 1 saturated carbocycles. The van der Waals surface area contributed by atoms with Gasteiger partial charge in [0.15, 0.2) is 0 Å². The zero-order valence-electron chi connectivity index (χ0n) is 13.6. The minimum absolute atomic E-state index is 0.0943. The van der Waals surface area contributed by atoms with Gasteiger partial charge in [0.05, 0.1) is 12.2 Å². The third kappa shape index (κ3) is 3.58. The highest BCUT2D eigenvalue weighted by Gasteiger charge is 2.56. The molecule has 0 aromatic rings. The highest BCUT2D eigenvalue weighted by molar-refractivity contribution is 5.76. The summed E-state index contributed by atoms with van der Waals surface area (Å²) in [5.74, 6) is 0.222. The van der Waals surface area contributed by atoms with Gasteiger partial charge < -0.3 is 20.1 Å². The maximum atomic E-state index is 12.2. The van der Waals surface area contributed by atoms with E-state index in [0.29, 0.717) is 19.1 Å². The highest BCUT2D eigenvalue weighted by atomic mass is 16.5. The second-order valence-electron chi connectivity index (χ2n) is 6.67. The van der Waals surface area contributed by atoms with E-state index in [1.54, 1.807) is 0 Å². The van der Waals surface area contributed by atoms with E-state index in [2.05, 4.69) is 19.2 Å². The molecule has 1 heterocycles. The second-order valence-corrected chi connectivity index (χ2v) is 6.67. The lowest BCUT2D eigenvalue weighted by Crippen LogP contribution is -2.62. The number of amides is 1. The van der Waals surface area contributed by atoms with Gasteiger partial charge in [-0.25, -0.2) is 0 Å². The number of nitrogens with zero attached hydrogens (tertiary/aromatic N) is 1. The molecule has 2 fully saturated rings. The Morgan fingerprint density at radius 3 is 2.62 bits per heavy atom. The first kappa shape index (κ1) is 16.7. The Morgan fingerprint density at radius 1 is 1.43 bits per heavy atom. The molecule has 0 bridgehead atoms. The maximum absolute atomic E-state index is 12.2. The normalized spacial score (nSPS) is 28.0. The second kappa shape index (κ2) is 7.07. The Labute approximate surface area is 128 Å². The Balaban J connectivity index is 1.78. The van der Waals surface area contributed by atoms with Crippen LogP contribution in [-0.4, -0.2) is 60.4 Å². The molecule has 1 amide bonds. The largest absolute Gasteiger partial charge is 0.392 e. The van der Waals surface area contributed by atoms with Gasteiger partial charge in [-0.05, 0) is 19.8 Å². The molecule has 122 valence electrons. The minimum Gasteiger partial charge on any atom is -0.392 e. The average molecular weight is 298 g/mol. The molecular formula is C16H30N2O3. The molecule has 0 aromatic carbocycles. The molecule has 2 aliphatic rings. The van der Waals surface area contributed by atoms with Crippen LogP contribution in [0.5, 0.6) is 0 Å². The summed E-state index contributed by atoms with van der Waals surface area (Å²) in [4.78, 5) is 14.1. The van der Waals surface area contributed by atoms with E-state index in [-0.39, 0.29) is 23.5 Å². The van der Waals surface area contributed by atoms with Crippen LogP contribution < -0.4 is 5.32 Å². The molecule has 2 atom stereocenters. The van der Waals surface area contributed by atoms with Gasteiger partial charge in [0, 0.05) is 50.5 Å². The predicted molar refractivity (Wildman–Crippen MR) is 82.0 cm³/mol. The van der Waals surface area contributed by atoms with Crippen molar-refractivity contribution in [2.45, 2.75) is 64.7 Å². The van der Waals surface area contributed by atoms with Crippen LogP contribution >= 0.6 is 0 Å². The number of piperidine rings is 1. The molecule has 1 saturated heterocycles. The summed E-state index contributed by atoms with van der Waals surface area (Å²) in [6.45, 7) is 9.11. The van der Waals surface area contributed by atoms with Gasteiger partial charge in [-0.2, -0.15) is 0 Å². The van der Waals surface area contributed by atoms with Gasteiger partial charge >= 0.3 is 0 Å². The Kier molecular flexibility index (Phi) is 5.63. The first-order valence-corrected chi connectivity index (χ1v) is 8.30. The molecule has 5 nitrogen and oxygen atoms in total. The number of aliphatic hydroxyl groups is 1. The molecule has 1 aliphatic heterocycles. The molecule has 2 rings (SSSR count). The van der Waals surface area contributed by atoms with E-state index < -0.39 is 0 Å². The summed E-state index contributed by atoms with van der Waals surface area (Å²) < 4.78 is 5.76. The molecule has 0 aromatic heterocycles. The number of rotatable bonds is 6. The number of likely N-dealkylation sites (tertiary alicyclic amines) is 1. The third-order valence-corrected chi connectivity index (χ3v) is 5.05. The number of aliphatic hydroxyl groups excluding tert-OH is 1. The van der Waals surface area contributed by atoms with E-state index >= 15 is 0 Å². The van der Waals surface area contributed by atoms with E-state index in [1.807, 2.05) is 11.8 Å². The van der Waals surface area contributed by atoms with Crippen molar-refractivity contribution in [3.05, 3.63) is 0 Å². The first-order valence-electron chi connectivity index (χ1n) is 8.30. The summed E-state index contributed by atoms with van der Waals surface area (Å²) in [7, 11) is 0. The highest BCUT2D eigenvalue weighted by Crippen LogP contribution is 2.50. The van der Waals surface area contributed by atoms with Crippen LogP contribution in [0.2, 0.25) is 0 Å². The summed E-state index contributed by atoms with van der Waals surface area (Å²) in [6.07, 6.45) is 2.96. The van der Waals surface area contributed by atoms with Crippen molar-refractivity contribution in [1.29, 1.82) is 0 Å². The SMILES string of the molecule is CCO[C@H]1C[C@H](O)C12CCN(C(=O)CCNC(C)C)CC2. The van der Waals surface area contributed by atoms with Crippen LogP contribution in [0.1, 0.15) is 46.5 Å². The van der Waals surface area contributed by atoms with Gasteiger partial charge in [-0.15, -0.1) is 0 Å². The summed E-state index contributed by atoms with van der Waals surface area (Å²) in [6, 6.07) is 0.416. The monoisotopic (exact) mass is 298 g/mol. The zero-order chi connectivity index (χ0) is 15.5. The standard InChI is InChI=1S/C16H30N2O3/c1-4-21-14-11-13(19)16(14)6-9-18(10-7-16)15(20)5-8-17-12(2)3/h12-14,17,19H,4-11H2,1-3H3/t13-,14-/m0/s1. The number of carbonyl (C=O) groups excluding carboxylic acids is 1. The van der Waals surface area contributed by atoms with Gasteiger partial charge in [-0.1, -0.05) is 13.8 Å². The van der Waals surface area contributed by atoms with Crippen molar-refractivity contribution >= 4 is 5.91 Å². The fourth-order valence-electron chi connectivity index (χ4n) is 3.61. The molecule has 2 N–H and O–H groups in total. The summed E-state index contributed by atoms with van der Waals surface area (Å²) in [5.41, 5.74) is -0.0943. The molecule has 1 spiro atoms. The molecule has 0 radical (unpaired) electrons.